The number of esters is 2. The summed E-state index contributed by atoms with van der Waals surface area (Å²) in [7, 11) is 2.40. The Morgan fingerprint density at radius 2 is 1.70 bits per heavy atom. The molecule has 4 atom stereocenters. The lowest BCUT2D eigenvalue weighted by atomic mass is 9.66. The van der Waals surface area contributed by atoms with Gasteiger partial charge in [0.15, 0.2) is 11.4 Å². The van der Waals surface area contributed by atoms with Crippen LogP contribution in [0.5, 0.6) is 0 Å². The summed E-state index contributed by atoms with van der Waals surface area (Å²) in [6, 6.07) is 0. The molecule has 2 saturated heterocycles. The van der Waals surface area contributed by atoms with Crippen LogP contribution in [0.1, 0.15) is 6.92 Å². The van der Waals surface area contributed by atoms with E-state index in [1.807, 2.05) is 0 Å². The fourth-order valence-corrected chi connectivity index (χ4v) is 3.08. The lowest BCUT2D eigenvalue weighted by molar-refractivity contribution is -0.160. The third kappa shape index (κ3) is 1.51. The minimum absolute atomic E-state index is 0.325. The number of rotatable bonds is 3. The van der Waals surface area contributed by atoms with Gasteiger partial charge in [-0.1, -0.05) is 13.2 Å². The van der Waals surface area contributed by atoms with Crippen LogP contribution in [0.15, 0.2) is 24.3 Å². The number of hydrogen-bond acceptors (Lipinski definition) is 6. The van der Waals surface area contributed by atoms with Crippen LogP contribution in [0.2, 0.25) is 0 Å². The van der Waals surface area contributed by atoms with Crippen molar-refractivity contribution in [2.75, 3.05) is 14.2 Å². The number of methoxy groups -OCH3 is 2. The van der Waals surface area contributed by atoms with Gasteiger partial charge in [-0.25, -0.2) is 0 Å². The van der Waals surface area contributed by atoms with Crippen LogP contribution in [0.25, 0.3) is 0 Å². The molecule has 2 fully saturated rings. The quantitative estimate of drug-likeness (QED) is 0.697. The highest BCUT2D eigenvalue weighted by atomic mass is 16.6. The van der Waals surface area contributed by atoms with Gasteiger partial charge in [0.05, 0.1) is 20.3 Å². The molecule has 0 aliphatic carbocycles. The molecule has 0 amide bonds. The second kappa shape index (κ2) is 4.56. The fourth-order valence-electron chi connectivity index (χ4n) is 3.08. The van der Waals surface area contributed by atoms with Crippen LogP contribution >= 0.6 is 0 Å². The van der Waals surface area contributed by atoms with E-state index >= 15 is 0 Å². The molecule has 0 N–H and O–H groups in total. The van der Waals surface area contributed by atoms with Crippen molar-refractivity contribution >= 4 is 17.7 Å². The monoisotopic (exact) mass is 280 g/mol. The van der Waals surface area contributed by atoms with E-state index in [0.717, 1.165) is 0 Å². The Bertz CT molecular complexity index is 534. The van der Waals surface area contributed by atoms with E-state index in [1.165, 1.54) is 21.1 Å². The lowest BCUT2D eigenvalue weighted by Gasteiger charge is -2.33. The number of ether oxygens (including phenoxy) is 3. The average molecular weight is 280 g/mol. The van der Waals surface area contributed by atoms with Crippen molar-refractivity contribution in [1.29, 1.82) is 0 Å². The molecule has 2 aliphatic heterocycles. The highest BCUT2D eigenvalue weighted by Crippen LogP contribution is 2.56. The predicted molar refractivity (Wildman–Crippen MR) is 67.6 cm³/mol. The summed E-state index contributed by atoms with van der Waals surface area (Å²) in [5.74, 6) is -3.79. The Morgan fingerprint density at radius 3 is 2.15 bits per heavy atom. The van der Waals surface area contributed by atoms with E-state index in [4.69, 9.17) is 14.2 Å². The zero-order chi connectivity index (χ0) is 15.2. The predicted octanol–water partition coefficient (Wildman–Crippen LogP) is 0.417. The van der Waals surface area contributed by atoms with Gasteiger partial charge >= 0.3 is 11.9 Å². The van der Waals surface area contributed by atoms with Crippen molar-refractivity contribution in [3.63, 3.8) is 0 Å². The van der Waals surface area contributed by atoms with Crippen LogP contribution < -0.4 is 0 Å². The molecule has 0 aromatic heterocycles. The summed E-state index contributed by atoms with van der Waals surface area (Å²) in [6.07, 6.45) is -0.789. The summed E-state index contributed by atoms with van der Waals surface area (Å²) in [6.45, 7) is 8.88. The van der Waals surface area contributed by atoms with Crippen molar-refractivity contribution < 1.29 is 28.6 Å². The molecule has 20 heavy (non-hydrogen) atoms. The zero-order valence-electron chi connectivity index (χ0n) is 11.6. The third-order valence-corrected chi connectivity index (χ3v) is 4.07. The van der Waals surface area contributed by atoms with Gasteiger partial charge in [0.25, 0.3) is 0 Å². The molecule has 0 unspecified atom stereocenters. The van der Waals surface area contributed by atoms with Crippen molar-refractivity contribution in [2.45, 2.75) is 18.6 Å². The summed E-state index contributed by atoms with van der Waals surface area (Å²) in [4.78, 5) is 36.1. The standard InChI is InChI=1S/C14H16O6/c1-6-7(2)14(8(3)15)10(13(17)19-5)9(11(6)20-14)12(16)18-4/h9-11H,1-2H2,3-5H3/t9-,10-,11-,14-/m1/s1. The van der Waals surface area contributed by atoms with Gasteiger partial charge in [0.2, 0.25) is 0 Å². The van der Waals surface area contributed by atoms with Gasteiger partial charge in [0.1, 0.15) is 11.8 Å². The molecule has 0 radical (unpaired) electrons. The van der Waals surface area contributed by atoms with E-state index in [9.17, 15) is 14.4 Å². The minimum Gasteiger partial charge on any atom is -0.469 e. The SMILES string of the molecule is C=C1C(=C)[C@]2(C(C)=O)O[C@H]1[C@H](C(=O)OC)[C@@H]2C(=O)OC. The molecule has 0 saturated carbocycles. The number of carbonyl (C=O) groups excluding carboxylic acids is 3. The summed E-state index contributed by atoms with van der Waals surface area (Å²) in [5.41, 5.74) is -0.811. The largest absolute Gasteiger partial charge is 0.469 e. The second-order valence-electron chi connectivity index (χ2n) is 4.88. The fraction of sp³-hybridized carbons (Fsp3) is 0.500. The lowest BCUT2D eigenvalue weighted by Crippen LogP contribution is -2.51. The average Bonchev–Trinajstić information content (AvgIpc) is 2.91. The van der Waals surface area contributed by atoms with Crippen LogP contribution in [0.4, 0.5) is 0 Å². The minimum atomic E-state index is -1.58. The Morgan fingerprint density at radius 1 is 1.15 bits per heavy atom. The molecule has 6 heteroatoms. The van der Waals surface area contributed by atoms with Crippen LogP contribution in [-0.2, 0) is 28.6 Å². The highest BCUT2D eigenvalue weighted by Gasteiger charge is 2.70. The van der Waals surface area contributed by atoms with Gasteiger partial charge in [-0.2, -0.15) is 0 Å². The molecule has 2 heterocycles. The molecular formula is C14H16O6. The van der Waals surface area contributed by atoms with Crippen LogP contribution in [0.3, 0.4) is 0 Å². The molecular weight excluding hydrogens is 264 g/mol. The molecule has 0 aromatic carbocycles. The molecule has 2 bridgehead atoms. The van der Waals surface area contributed by atoms with Crippen molar-refractivity contribution in [3.8, 4) is 0 Å². The van der Waals surface area contributed by atoms with Gasteiger partial charge < -0.3 is 14.2 Å². The van der Waals surface area contributed by atoms with Gasteiger partial charge in [-0.05, 0) is 18.1 Å². The third-order valence-electron chi connectivity index (χ3n) is 4.07. The zero-order valence-corrected chi connectivity index (χ0v) is 11.6. The van der Waals surface area contributed by atoms with Gasteiger partial charge in [-0.3, -0.25) is 14.4 Å². The Hall–Kier alpha value is -1.95. The first kappa shape index (κ1) is 14.5. The summed E-state index contributed by atoms with van der Waals surface area (Å²) < 4.78 is 15.1. The van der Waals surface area contributed by atoms with E-state index in [2.05, 4.69) is 13.2 Å². The molecule has 0 spiro atoms. The first-order valence-corrected chi connectivity index (χ1v) is 6.06. The molecule has 108 valence electrons. The normalized spacial score (nSPS) is 35.0. The summed E-state index contributed by atoms with van der Waals surface area (Å²) >= 11 is 0. The van der Waals surface area contributed by atoms with E-state index < -0.39 is 41.3 Å². The maximum atomic E-state index is 12.1. The van der Waals surface area contributed by atoms with E-state index in [1.54, 1.807) is 0 Å². The van der Waals surface area contributed by atoms with Gasteiger partial charge in [-0.15, -0.1) is 0 Å². The number of ketones is 1. The summed E-state index contributed by atoms with van der Waals surface area (Å²) in [5, 5.41) is 0. The number of Topliss-reactive ketones (excluding diaryl/α,β-unsaturated/α-hetero) is 1. The maximum absolute atomic E-state index is 12.1. The molecule has 0 aromatic rings. The van der Waals surface area contributed by atoms with E-state index in [-0.39, 0.29) is 0 Å². The van der Waals surface area contributed by atoms with Crippen LogP contribution in [0, 0.1) is 11.8 Å². The Labute approximate surface area is 116 Å². The second-order valence-corrected chi connectivity index (χ2v) is 4.88. The number of fused-ring (bicyclic) bond motifs is 2. The Balaban J connectivity index is 2.61. The van der Waals surface area contributed by atoms with Crippen molar-refractivity contribution in [3.05, 3.63) is 24.3 Å². The van der Waals surface area contributed by atoms with Crippen molar-refractivity contribution in [1.82, 2.24) is 0 Å². The van der Waals surface area contributed by atoms with E-state index in [0.29, 0.717) is 11.1 Å². The smallest absolute Gasteiger partial charge is 0.313 e. The number of hydrogen-bond donors (Lipinski definition) is 0. The Kier molecular flexibility index (Phi) is 3.29. The van der Waals surface area contributed by atoms with Gasteiger partial charge in [0, 0.05) is 0 Å². The van der Waals surface area contributed by atoms with Crippen molar-refractivity contribution in [2.24, 2.45) is 11.8 Å². The first-order valence-electron chi connectivity index (χ1n) is 6.06. The highest BCUT2D eigenvalue weighted by molar-refractivity contribution is 6.00. The number of carbonyl (C=O) groups is 3. The van der Waals surface area contributed by atoms with Crippen LogP contribution in [-0.4, -0.2) is 43.6 Å². The molecule has 6 nitrogen and oxygen atoms in total. The topological polar surface area (TPSA) is 78.9 Å². The first-order chi connectivity index (χ1) is 9.32. The molecule has 2 aliphatic rings. The maximum Gasteiger partial charge on any atom is 0.313 e. The molecule has 2 rings (SSSR count).